The maximum Gasteiger partial charge on any atom is 0.160 e. The Labute approximate surface area is 143 Å². The minimum absolute atomic E-state index is 0.155. The first-order valence-electron chi connectivity index (χ1n) is 7.88. The van der Waals surface area contributed by atoms with Crippen LogP contribution >= 0.6 is 0 Å². The fourth-order valence-corrected chi connectivity index (χ4v) is 2.30. The Morgan fingerprint density at radius 2 is 1.50 bits per heavy atom. The van der Waals surface area contributed by atoms with Gasteiger partial charge in [-0.1, -0.05) is 60.7 Å². The van der Waals surface area contributed by atoms with Crippen LogP contribution in [-0.2, 0) is 22.7 Å². The summed E-state index contributed by atoms with van der Waals surface area (Å²) in [7, 11) is 6.03. The lowest BCUT2D eigenvalue weighted by molar-refractivity contribution is -0.0153. The average Bonchev–Trinajstić information content (AvgIpc) is 2.63. The average molecular weight is 325 g/mol. The van der Waals surface area contributed by atoms with Crippen molar-refractivity contribution in [3.63, 3.8) is 0 Å². The zero-order valence-corrected chi connectivity index (χ0v) is 13.5. The van der Waals surface area contributed by atoms with Crippen LogP contribution in [0.3, 0.4) is 0 Å². The maximum atomic E-state index is 14.0. The van der Waals surface area contributed by atoms with Crippen LogP contribution in [0.2, 0.25) is 5.82 Å². The van der Waals surface area contributed by atoms with Crippen molar-refractivity contribution in [2.24, 2.45) is 0 Å². The van der Waals surface area contributed by atoms with Crippen LogP contribution in [0.15, 0.2) is 60.7 Å². The van der Waals surface area contributed by atoms with Crippen molar-refractivity contribution in [2.45, 2.75) is 31.3 Å². The molecular formula is C19H21BFNO2. The summed E-state index contributed by atoms with van der Waals surface area (Å²) in [5.41, 5.74) is 1.95. The van der Waals surface area contributed by atoms with E-state index in [1.165, 1.54) is 0 Å². The van der Waals surface area contributed by atoms with Gasteiger partial charge in [0.25, 0.3) is 0 Å². The van der Waals surface area contributed by atoms with Crippen molar-refractivity contribution >= 4 is 14.1 Å². The summed E-state index contributed by atoms with van der Waals surface area (Å²) in [4.78, 5) is 0. The van der Waals surface area contributed by atoms with Crippen LogP contribution in [0.5, 0.6) is 0 Å². The summed E-state index contributed by atoms with van der Waals surface area (Å²) in [6.07, 6.45) is -1.77. The van der Waals surface area contributed by atoms with Gasteiger partial charge in [-0.05, 0) is 16.9 Å². The number of ether oxygens (including phenoxy) is 2. The number of nitrogens with one attached hydrogen (secondary N) is 1. The Bertz CT molecular complexity index is 597. The van der Waals surface area contributed by atoms with Crippen LogP contribution in [0.1, 0.15) is 11.1 Å². The fourth-order valence-electron chi connectivity index (χ4n) is 2.30. The molecule has 0 bridgehead atoms. The van der Waals surface area contributed by atoms with Crippen LogP contribution in [0.4, 0.5) is 4.39 Å². The molecule has 0 aliphatic carbocycles. The van der Waals surface area contributed by atoms with Gasteiger partial charge in [0.05, 0.1) is 27.2 Å². The van der Waals surface area contributed by atoms with Gasteiger partial charge in [-0.25, -0.2) is 4.39 Å². The van der Waals surface area contributed by atoms with Gasteiger partial charge >= 0.3 is 0 Å². The Kier molecular flexibility index (Phi) is 7.66. The van der Waals surface area contributed by atoms with Crippen molar-refractivity contribution in [3.05, 3.63) is 71.8 Å². The first kappa shape index (κ1) is 18.4. The molecule has 124 valence electrons. The van der Waals surface area contributed by atoms with E-state index in [-0.39, 0.29) is 13.2 Å². The van der Waals surface area contributed by atoms with E-state index in [4.69, 9.17) is 22.7 Å². The van der Waals surface area contributed by atoms with Crippen molar-refractivity contribution in [1.29, 1.82) is 5.41 Å². The van der Waals surface area contributed by atoms with E-state index >= 15 is 0 Å². The van der Waals surface area contributed by atoms with Crippen LogP contribution in [0.25, 0.3) is 0 Å². The fraction of sp³-hybridized carbons (Fsp3) is 0.316. The number of rotatable bonds is 10. The third kappa shape index (κ3) is 5.91. The molecule has 0 saturated heterocycles. The predicted octanol–water partition coefficient (Wildman–Crippen LogP) is 3.73. The van der Waals surface area contributed by atoms with Gasteiger partial charge < -0.3 is 14.9 Å². The van der Waals surface area contributed by atoms with Crippen LogP contribution in [0, 0.1) is 5.41 Å². The highest BCUT2D eigenvalue weighted by atomic mass is 19.1. The van der Waals surface area contributed by atoms with E-state index in [1.807, 2.05) is 60.7 Å². The number of hydrogen-bond donors (Lipinski definition) is 1. The Hall–Kier alpha value is -1.98. The molecule has 2 aromatic rings. The van der Waals surface area contributed by atoms with Crippen molar-refractivity contribution in [2.75, 3.05) is 6.61 Å². The second-order valence-corrected chi connectivity index (χ2v) is 5.54. The number of hydrogen-bond acceptors (Lipinski definition) is 3. The molecule has 3 atom stereocenters. The summed E-state index contributed by atoms with van der Waals surface area (Å²) < 4.78 is 25.2. The second kappa shape index (κ2) is 10.0. The van der Waals surface area contributed by atoms with E-state index < -0.39 is 18.1 Å². The monoisotopic (exact) mass is 325 g/mol. The molecular weight excluding hydrogens is 304 g/mol. The summed E-state index contributed by atoms with van der Waals surface area (Å²) in [6, 6.07) is 19.2. The molecule has 0 aromatic heterocycles. The molecule has 5 heteroatoms. The van der Waals surface area contributed by atoms with E-state index in [2.05, 4.69) is 0 Å². The van der Waals surface area contributed by atoms with Crippen molar-refractivity contribution < 1.29 is 13.9 Å². The highest BCUT2D eigenvalue weighted by Crippen LogP contribution is 2.19. The first-order valence-corrected chi connectivity index (χ1v) is 7.88. The van der Waals surface area contributed by atoms with Gasteiger partial charge in [-0.3, -0.25) is 0 Å². The molecule has 2 rings (SSSR count). The van der Waals surface area contributed by atoms with E-state index in [0.29, 0.717) is 12.8 Å². The molecule has 2 aromatic carbocycles. The molecule has 3 nitrogen and oxygen atoms in total. The second-order valence-electron chi connectivity index (χ2n) is 5.54. The Morgan fingerprint density at radius 3 is 2.04 bits per heavy atom. The number of halogens is 1. The number of benzene rings is 2. The van der Waals surface area contributed by atoms with Crippen molar-refractivity contribution in [1.82, 2.24) is 0 Å². The van der Waals surface area contributed by atoms with Gasteiger partial charge in [0.2, 0.25) is 0 Å². The quantitative estimate of drug-likeness (QED) is 0.534. The van der Waals surface area contributed by atoms with Crippen LogP contribution in [-0.4, -0.2) is 32.9 Å². The van der Waals surface area contributed by atoms with Gasteiger partial charge in [-0.2, -0.15) is 0 Å². The standard InChI is InChI=1S/C19H21BFNO2/c20-17(14-23-12-15-7-3-1-4-8-15)19(18(21)11-22)24-13-16-9-5-2-6-10-16/h1-11,17-19,22H,12-14H2/t17-,18+,19+/m0/s1. The lowest BCUT2D eigenvalue weighted by atomic mass is 9.81. The van der Waals surface area contributed by atoms with E-state index in [9.17, 15) is 4.39 Å². The molecule has 0 heterocycles. The summed E-state index contributed by atoms with van der Waals surface area (Å²) in [5.74, 6) is -0.658. The molecule has 24 heavy (non-hydrogen) atoms. The van der Waals surface area contributed by atoms with Crippen molar-refractivity contribution in [3.8, 4) is 0 Å². The molecule has 0 spiro atoms. The van der Waals surface area contributed by atoms with Gasteiger partial charge in [0.1, 0.15) is 0 Å². The summed E-state index contributed by atoms with van der Waals surface area (Å²) >= 11 is 0. The van der Waals surface area contributed by atoms with E-state index in [0.717, 1.165) is 11.1 Å². The molecule has 0 amide bonds. The van der Waals surface area contributed by atoms with Crippen LogP contribution < -0.4 is 0 Å². The molecule has 0 fully saturated rings. The third-order valence-corrected chi connectivity index (χ3v) is 3.60. The SMILES string of the molecule is [B][C@@H](COCc1ccccc1)[C@@H](OCc1ccccc1)[C@H](F)C=N. The minimum atomic E-state index is -1.57. The smallest absolute Gasteiger partial charge is 0.160 e. The molecule has 0 unspecified atom stereocenters. The lowest BCUT2D eigenvalue weighted by Gasteiger charge is -2.26. The third-order valence-electron chi connectivity index (χ3n) is 3.60. The molecule has 1 N–H and O–H groups in total. The Morgan fingerprint density at radius 1 is 0.958 bits per heavy atom. The first-order chi connectivity index (χ1) is 11.7. The van der Waals surface area contributed by atoms with Gasteiger partial charge in [-0.15, -0.1) is 0 Å². The maximum absolute atomic E-state index is 14.0. The largest absolute Gasteiger partial charge is 0.377 e. The van der Waals surface area contributed by atoms with E-state index in [1.54, 1.807) is 0 Å². The minimum Gasteiger partial charge on any atom is -0.377 e. The zero-order chi connectivity index (χ0) is 17.2. The topological polar surface area (TPSA) is 42.3 Å². The normalized spacial score (nSPS) is 14.7. The zero-order valence-electron chi connectivity index (χ0n) is 13.5. The Balaban J connectivity index is 1.85. The highest BCUT2D eigenvalue weighted by Gasteiger charge is 2.26. The lowest BCUT2D eigenvalue weighted by Crippen LogP contribution is -2.33. The molecule has 0 aliphatic heterocycles. The van der Waals surface area contributed by atoms with Gasteiger partial charge in [0, 0.05) is 12.8 Å². The van der Waals surface area contributed by atoms with Gasteiger partial charge in [0.15, 0.2) is 6.17 Å². The molecule has 0 aliphatic rings. The number of alkyl halides is 1. The highest BCUT2D eigenvalue weighted by molar-refractivity contribution is 6.12. The summed E-state index contributed by atoms with van der Waals surface area (Å²) in [5, 5.41) is 7.15. The molecule has 0 saturated carbocycles. The predicted molar refractivity (Wildman–Crippen MR) is 94.3 cm³/mol. The molecule has 2 radical (unpaired) electrons. The summed E-state index contributed by atoms with van der Waals surface area (Å²) in [6.45, 7) is 0.802.